The van der Waals surface area contributed by atoms with E-state index in [0.29, 0.717) is 16.8 Å². The summed E-state index contributed by atoms with van der Waals surface area (Å²) in [6, 6.07) is 32.6. The molecule has 0 aliphatic heterocycles. The summed E-state index contributed by atoms with van der Waals surface area (Å²) in [5.41, 5.74) is 1.67. The normalized spacial score (nSPS) is 11.1. The van der Waals surface area contributed by atoms with Crippen molar-refractivity contribution in [3.8, 4) is 0 Å². The number of carbonyl (C=O) groups excluding carboxylic acids is 1. The quantitative estimate of drug-likeness (QED) is 0.365. The van der Waals surface area contributed by atoms with Gasteiger partial charge in [0, 0.05) is 15.4 Å². The minimum atomic E-state index is -3.49. The Balaban J connectivity index is 1.52. The van der Waals surface area contributed by atoms with Gasteiger partial charge >= 0.3 is 0 Å². The average Bonchev–Trinajstić information content (AvgIpc) is 2.81. The molecule has 1 amide bonds. The first-order valence-electron chi connectivity index (χ1n) is 10.0. The minimum absolute atomic E-state index is 0.168. The van der Waals surface area contributed by atoms with Crippen molar-refractivity contribution in [3.05, 3.63) is 120 Å². The van der Waals surface area contributed by atoms with Crippen LogP contribution in [0.25, 0.3) is 0 Å². The third-order valence-corrected chi connectivity index (χ3v) is 7.54. The van der Waals surface area contributed by atoms with Crippen molar-refractivity contribution < 1.29 is 13.2 Å². The summed E-state index contributed by atoms with van der Waals surface area (Å²) < 4.78 is 25.4. The highest BCUT2D eigenvalue weighted by atomic mass is 32.2. The fourth-order valence-corrected chi connectivity index (χ4v) is 5.48. The second kappa shape index (κ2) is 9.85. The average molecular weight is 460 g/mol. The third-order valence-electron chi connectivity index (χ3n) is 4.75. The molecule has 0 atom stereocenters. The number of benzene rings is 4. The van der Waals surface area contributed by atoms with Crippen molar-refractivity contribution in [2.45, 2.75) is 20.4 Å². The van der Waals surface area contributed by atoms with Gasteiger partial charge in [0.05, 0.1) is 16.3 Å². The number of sulfone groups is 1. The third kappa shape index (κ3) is 5.46. The Hall–Kier alpha value is -3.35. The fraction of sp³-hybridized carbons (Fsp3) is 0.0385. The number of carbonyl (C=O) groups is 1. The van der Waals surface area contributed by atoms with Crippen LogP contribution < -0.4 is 5.32 Å². The molecule has 4 rings (SSSR count). The smallest absolute Gasteiger partial charge is 0.255 e. The second-order valence-electron chi connectivity index (χ2n) is 7.14. The van der Waals surface area contributed by atoms with E-state index in [-0.39, 0.29) is 16.6 Å². The van der Waals surface area contributed by atoms with Gasteiger partial charge in [0.2, 0.25) is 0 Å². The molecule has 6 heteroatoms. The van der Waals surface area contributed by atoms with E-state index in [1.54, 1.807) is 66.4 Å². The van der Waals surface area contributed by atoms with Gasteiger partial charge in [-0.05, 0) is 54.1 Å². The topological polar surface area (TPSA) is 63.2 Å². The van der Waals surface area contributed by atoms with Crippen molar-refractivity contribution >= 4 is 33.2 Å². The highest BCUT2D eigenvalue weighted by molar-refractivity contribution is 7.99. The number of hydrogen-bond donors (Lipinski definition) is 1. The van der Waals surface area contributed by atoms with E-state index in [1.165, 1.54) is 0 Å². The zero-order chi connectivity index (χ0) is 22.4. The summed E-state index contributed by atoms with van der Waals surface area (Å²) in [4.78, 5) is 15.2. The predicted octanol–water partition coefficient (Wildman–Crippen LogP) is 6.06. The van der Waals surface area contributed by atoms with Gasteiger partial charge in [-0.2, -0.15) is 0 Å². The van der Waals surface area contributed by atoms with Gasteiger partial charge in [0.1, 0.15) is 0 Å². The molecular weight excluding hydrogens is 438 g/mol. The van der Waals surface area contributed by atoms with Crippen LogP contribution in [0, 0.1) is 0 Å². The molecule has 0 aliphatic carbocycles. The molecule has 0 heterocycles. The number of hydrogen-bond acceptors (Lipinski definition) is 4. The molecule has 0 bridgehead atoms. The van der Waals surface area contributed by atoms with Gasteiger partial charge in [-0.3, -0.25) is 4.79 Å². The molecule has 0 spiro atoms. The molecule has 0 radical (unpaired) electrons. The Morgan fingerprint density at radius 1 is 0.750 bits per heavy atom. The van der Waals surface area contributed by atoms with Crippen molar-refractivity contribution in [2.24, 2.45) is 0 Å². The van der Waals surface area contributed by atoms with E-state index in [0.717, 1.165) is 9.79 Å². The highest BCUT2D eigenvalue weighted by Gasteiger charge is 2.16. The standard InChI is InChI=1S/C26H21NO3S2/c28-26(27-24-16-7-8-17-25(24)31-22-12-3-1-4-13-22)21-11-9-10-20(18-21)19-32(29,30)23-14-5-2-6-15-23/h1-18H,19H2,(H,27,28). The maximum absolute atomic E-state index is 12.9. The summed E-state index contributed by atoms with van der Waals surface area (Å²) in [6.45, 7) is 0. The van der Waals surface area contributed by atoms with E-state index >= 15 is 0 Å². The summed E-state index contributed by atoms with van der Waals surface area (Å²) in [5.74, 6) is -0.455. The van der Waals surface area contributed by atoms with Crippen LogP contribution in [0.1, 0.15) is 15.9 Å². The minimum Gasteiger partial charge on any atom is -0.321 e. The Morgan fingerprint density at radius 2 is 1.41 bits per heavy atom. The molecule has 0 unspecified atom stereocenters. The number of nitrogens with one attached hydrogen (secondary N) is 1. The van der Waals surface area contributed by atoms with Crippen LogP contribution in [-0.2, 0) is 15.6 Å². The van der Waals surface area contributed by atoms with Gasteiger partial charge in [-0.25, -0.2) is 8.42 Å². The molecule has 0 saturated heterocycles. The molecule has 4 aromatic carbocycles. The lowest BCUT2D eigenvalue weighted by atomic mass is 10.1. The largest absolute Gasteiger partial charge is 0.321 e. The van der Waals surface area contributed by atoms with Gasteiger partial charge in [-0.15, -0.1) is 0 Å². The van der Waals surface area contributed by atoms with E-state index in [1.807, 2.05) is 54.6 Å². The Bertz CT molecular complexity index is 1320. The SMILES string of the molecule is O=C(Nc1ccccc1Sc1ccccc1)c1cccc(CS(=O)(=O)c2ccccc2)c1. The summed E-state index contributed by atoms with van der Waals surface area (Å²) >= 11 is 1.57. The van der Waals surface area contributed by atoms with Crippen molar-refractivity contribution in [2.75, 3.05) is 5.32 Å². The first-order chi connectivity index (χ1) is 15.5. The van der Waals surface area contributed by atoms with Gasteiger partial charge in [0.25, 0.3) is 5.91 Å². The number of anilines is 1. The Morgan fingerprint density at radius 3 is 2.16 bits per heavy atom. The van der Waals surface area contributed by atoms with E-state index in [9.17, 15) is 13.2 Å². The molecule has 0 aromatic heterocycles. The molecule has 0 aliphatic rings. The Labute approximate surface area is 192 Å². The first kappa shape index (κ1) is 21.9. The molecule has 160 valence electrons. The van der Waals surface area contributed by atoms with E-state index in [2.05, 4.69) is 5.32 Å². The van der Waals surface area contributed by atoms with Crippen molar-refractivity contribution in [1.29, 1.82) is 0 Å². The van der Waals surface area contributed by atoms with Crippen LogP contribution in [0.3, 0.4) is 0 Å². The zero-order valence-corrected chi connectivity index (χ0v) is 18.8. The summed E-state index contributed by atoms with van der Waals surface area (Å²) in [7, 11) is -3.49. The van der Waals surface area contributed by atoms with Gasteiger partial charge in [0.15, 0.2) is 9.84 Å². The van der Waals surface area contributed by atoms with Gasteiger partial charge in [-0.1, -0.05) is 72.4 Å². The zero-order valence-electron chi connectivity index (χ0n) is 17.1. The molecule has 32 heavy (non-hydrogen) atoms. The lowest BCUT2D eigenvalue weighted by Crippen LogP contribution is -2.13. The van der Waals surface area contributed by atoms with Crippen LogP contribution in [0.15, 0.2) is 124 Å². The molecule has 0 fully saturated rings. The van der Waals surface area contributed by atoms with E-state index in [4.69, 9.17) is 0 Å². The second-order valence-corrected chi connectivity index (χ2v) is 10.2. The number of rotatable bonds is 7. The van der Waals surface area contributed by atoms with Crippen LogP contribution in [0.4, 0.5) is 5.69 Å². The van der Waals surface area contributed by atoms with Gasteiger partial charge < -0.3 is 5.32 Å². The van der Waals surface area contributed by atoms with Crippen LogP contribution in [0.2, 0.25) is 0 Å². The highest BCUT2D eigenvalue weighted by Crippen LogP contribution is 2.33. The van der Waals surface area contributed by atoms with Crippen molar-refractivity contribution in [3.63, 3.8) is 0 Å². The molecule has 4 nitrogen and oxygen atoms in total. The summed E-state index contributed by atoms with van der Waals surface area (Å²) in [5, 5.41) is 2.96. The summed E-state index contributed by atoms with van der Waals surface area (Å²) in [6.07, 6.45) is 0. The molecule has 0 saturated carbocycles. The molecule has 4 aromatic rings. The van der Waals surface area contributed by atoms with Crippen molar-refractivity contribution in [1.82, 2.24) is 0 Å². The van der Waals surface area contributed by atoms with Crippen LogP contribution in [0.5, 0.6) is 0 Å². The van der Waals surface area contributed by atoms with Crippen LogP contribution in [-0.4, -0.2) is 14.3 Å². The maximum atomic E-state index is 12.9. The van der Waals surface area contributed by atoms with Crippen LogP contribution >= 0.6 is 11.8 Å². The maximum Gasteiger partial charge on any atom is 0.255 e. The number of para-hydroxylation sites is 1. The number of amides is 1. The van der Waals surface area contributed by atoms with E-state index < -0.39 is 9.84 Å². The first-order valence-corrected chi connectivity index (χ1v) is 12.5. The molecule has 1 N–H and O–H groups in total. The predicted molar refractivity (Wildman–Crippen MR) is 129 cm³/mol. The lowest BCUT2D eigenvalue weighted by Gasteiger charge is -2.12. The Kier molecular flexibility index (Phi) is 6.73. The molecular formula is C26H21NO3S2. The monoisotopic (exact) mass is 459 g/mol. The fourth-order valence-electron chi connectivity index (χ4n) is 3.20. The lowest BCUT2D eigenvalue weighted by molar-refractivity contribution is 0.102.